The van der Waals surface area contributed by atoms with E-state index in [-0.39, 0.29) is 11.8 Å². The van der Waals surface area contributed by atoms with Crippen molar-refractivity contribution in [1.29, 1.82) is 0 Å². The molecule has 0 spiro atoms. The van der Waals surface area contributed by atoms with E-state index in [9.17, 15) is 8.42 Å². The fraction of sp³-hybridized carbons (Fsp3) is 0.500. The van der Waals surface area contributed by atoms with Gasteiger partial charge in [-0.2, -0.15) is 0 Å². The lowest BCUT2D eigenvalue weighted by Crippen LogP contribution is -2.56. The Kier molecular flexibility index (Phi) is 3.40. The van der Waals surface area contributed by atoms with Crippen LogP contribution in [0, 0.1) is 0 Å². The number of anilines is 1. The van der Waals surface area contributed by atoms with E-state index < -0.39 is 9.84 Å². The quantitative estimate of drug-likeness (QED) is 0.871. The lowest BCUT2D eigenvalue weighted by Gasteiger charge is -2.39. The second kappa shape index (κ2) is 4.66. The Hall–Kier alpha value is -1.07. The van der Waals surface area contributed by atoms with Crippen LogP contribution in [0.25, 0.3) is 0 Å². The molecule has 0 bridgehead atoms. The summed E-state index contributed by atoms with van der Waals surface area (Å²) in [6, 6.07) is 7.34. The van der Waals surface area contributed by atoms with Crippen LogP contribution in [0.3, 0.4) is 0 Å². The summed E-state index contributed by atoms with van der Waals surface area (Å²) >= 11 is 0. The summed E-state index contributed by atoms with van der Waals surface area (Å²) < 4.78 is 24.2. The molecule has 1 heterocycles. The van der Waals surface area contributed by atoms with Crippen molar-refractivity contribution in [2.75, 3.05) is 23.7 Å². The van der Waals surface area contributed by atoms with E-state index in [4.69, 9.17) is 5.73 Å². The summed E-state index contributed by atoms with van der Waals surface area (Å²) in [4.78, 5) is 2.46. The molecule has 0 saturated carbocycles. The highest BCUT2D eigenvalue weighted by atomic mass is 32.2. The Labute approximate surface area is 102 Å². The number of sulfone groups is 1. The second-order valence-corrected chi connectivity index (χ2v) is 6.53. The number of hydrogen-bond acceptors (Lipinski definition) is 4. The topological polar surface area (TPSA) is 63.4 Å². The van der Waals surface area contributed by atoms with Crippen molar-refractivity contribution in [2.45, 2.75) is 24.3 Å². The fourth-order valence-corrected chi connectivity index (χ4v) is 3.63. The number of nitrogens with zero attached hydrogens (tertiary/aromatic N) is 1. The first kappa shape index (κ1) is 12.4. The van der Waals surface area contributed by atoms with Crippen LogP contribution in [0.1, 0.15) is 13.3 Å². The monoisotopic (exact) mass is 254 g/mol. The zero-order valence-corrected chi connectivity index (χ0v) is 10.8. The maximum Gasteiger partial charge on any atom is 0.180 e. The number of benzene rings is 1. The van der Waals surface area contributed by atoms with Crippen LogP contribution in [0.5, 0.6) is 0 Å². The summed E-state index contributed by atoms with van der Waals surface area (Å²) in [5, 5.41) is 0. The minimum absolute atomic E-state index is 0.164. The van der Waals surface area contributed by atoms with Gasteiger partial charge < -0.3 is 10.6 Å². The summed E-state index contributed by atoms with van der Waals surface area (Å²) in [6.07, 6.45) is 0.635. The third-order valence-corrected chi connectivity index (χ3v) is 4.88. The molecule has 1 aliphatic rings. The number of hydrogen-bond donors (Lipinski definition) is 1. The van der Waals surface area contributed by atoms with Gasteiger partial charge in [-0.1, -0.05) is 19.1 Å². The van der Waals surface area contributed by atoms with Gasteiger partial charge in [-0.3, -0.25) is 0 Å². The van der Waals surface area contributed by atoms with E-state index in [2.05, 4.69) is 0 Å². The molecular formula is C12H18N2O2S. The molecule has 2 N–H and O–H groups in total. The molecule has 94 valence electrons. The van der Waals surface area contributed by atoms with Gasteiger partial charge in [-0.25, -0.2) is 8.42 Å². The normalized spacial score (nSPS) is 16.9. The molecule has 0 aromatic heterocycles. The van der Waals surface area contributed by atoms with Crippen LogP contribution in [0.4, 0.5) is 5.69 Å². The second-order valence-electron chi connectivity index (χ2n) is 4.45. The van der Waals surface area contributed by atoms with Crippen LogP contribution in [-0.2, 0) is 9.84 Å². The molecule has 1 aromatic rings. The minimum atomic E-state index is -3.16. The maximum absolute atomic E-state index is 12.1. The molecule has 0 radical (unpaired) electrons. The van der Waals surface area contributed by atoms with Crippen LogP contribution in [0.2, 0.25) is 0 Å². The summed E-state index contributed by atoms with van der Waals surface area (Å²) in [7, 11) is -3.16. The van der Waals surface area contributed by atoms with Gasteiger partial charge in [-0.05, 0) is 18.6 Å². The van der Waals surface area contributed by atoms with Gasteiger partial charge >= 0.3 is 0 Å². The van der Waals surface area contributed by atoms with E-state index in [0.29, 0.717) is 11.3 Å². The maximum atomic E-state index is 12.1. The zero-order chi connectivity index (χ0) is 12.5. The fourth-order valence-electron chi connectivity index (χ4n) is 2.07. The highest BCUT2D eigenvalue weighted by molar-refractivity contribution is 7.91. The number of para-hydroxylation sites is 1. The van der Waals surface area contributed by atoms with Crippen LogP contribution in [0.15, 0.2) is 29.2 Å². The van der Waals surface area contributed by atoms with Gasteiger partial charge in [0.1, 0.15) is 0 Å². The highest BCUT2D eigenvalue weighted by Gasteiger charge is 2.28. The van der Waals surface area contributed by atoms with Crippen LogP contribution >= 0.6 is 0 Å². The van der Waals surface area contributed by atoms with E-state index in [1.807, 2.05) is 24.0 Å². The first-order valence-electron chi connectivity index (χ1n) is 5.87. The molecule has 17 heavy (non-hydrogen) atoms. The van der Waals surface area contributed by atoms with Crippen molar-refractivity contribution in [2.24, 2.45) is 5.73 Å². The van der Waals surface area contributed by atoms with Crippen LogP contribution in [-0.4, -0.2) is 33.3 Å². The predicted molar refractivity (Wildman–Crippen MR) is 69.0 cm³/mol. The summed E-state index contributed by atoms with van der Waals surface area (Å²) in [6.45, 7) is 3.34. The Morgan fingerprint density at radius 2 is 2.00 bits per heavy atom. The lowest BCUT2D eigenvalue weighted by atomic mass is 10.1. The van der Waals surface area contributed by atoms with Crippen molar-refractivity contribution < 1.29 is 8.42 Å². The highest BCUT2D eigenvalue weighted by Crippen LogP contribution is 2.29. The molecular weight excluding hydrogens is 236 g/mol. The van der Waals surface area contributed by atoms with Crippen molar-refractivity contribution in [3.63, 3.8) is 0 Å². The predicted octanol–water partition coefficient (Wildman–Crippen LogP) is 1.02. The van der Waals surface area contributed by atoms with E-state index >= 15 is 0 Å². The molecule has 1 saturated heterocycles. The third kappa shape index (κ3) is 2.45. The first-order chi connectivity index (χ1) is 8.04. The van der Waals surface area contributed by atoms with Crippen molar-refractivity contribution in [1.82, 2.24) is 0 Å². The summed E-state index contributed by atoms with van der Waals surface area (Å²) in [5.41, 5.74) is 6.53. The Morgan fingerprint density at radius 1 is 1.35 bits per heavy atom. The Balaban J connectivity index is 2.34. The molecule has 1 fully saturated rings. The number of rotatable bonds is 4. The average Bonchev–Trinajstić information content (AvgIpc) is 2.25. The first-order valence-corrected chi connectivity index (χ1v) is 7.52. The standard InChI is InChI=1S/C12H18N2O2S/c1-2-7-17(15,16)12-6-4-3-5-11(12)14-8-10(13)9-14/h3-6,10H,2,7-9,13H2,1H3. The smallest absolute Gasteiger partial charge is 0.180 e. The molecule has 1 aromatic carbocycles. The van der Waals surface area contributed by atoms with Gasteiger partial charge in [0.05, 0.1) is 16.3 Å². The molecule has 4 nitrogen and oxygen atoms in total. The minimum Gasteiger partial charge on any atom is -0.367 e. The van der Waals surface area contributed by atoms with Gasteiger partial charge in [0.25, 0.3) is 0 Å². The van der Waals surface area contributed by atoms with Gasteiger partial charge in [0.15, 0.2) is 9.84 Å². The molecule has 2 rings (SSSR count). The molecule has 0 amide bonds. The van der Waals surface area contributed by atoms with E-state index in [0.717, 1.165) is 18.8 Å². The van der Waals surface area contributed by atoms with Crippen molar-refractivity contribution in [3.05, 3.63) is 24.3 Å². The Morgan fingerprint density at radius 3 is 2.59 bits per heavy atom. The largest absolute Gasteiger partial charge is 0.367 e. The van der Waals surface area contributed by atoms with Crippen molar-refractivity contribution in [3.8, 4) is 0 Å². The Bertz CT molecular complexity index is 493. The molecule has 0 aliphatic carbocycles. The zero-order valence-electron chi connectivity index (χ0n) is 9.96. The molecule has 5 heteroatoms. The number of nitrogens with two attached hydrogens (primary N) is 1. The van der Waals surface area contributed by atoms with Crippen LogP contribution < -0.4 is 10.6 Å². The van der Waals surface area contributed by atoms with Gasteiger partial charge in [-0.15, -0.1) is 0 Å². The lowest BCUT2D eigenvalue weighted by molar-refractivity contribution is 0.515. The summed E-state index contributed by atoms with van der Waals surface area (Å²) in [5.74, 6) is 0.198. The molecule has 0 atom stereocenters. The third-order valence-electron chi connectivity index (χ3n) is 2.92. The molecule has 0 unspecified atom stereocenters. The van der Waals surface area contributed by atoms with Crippen molar-refractivity contribution >= 4 is 15.5 Å². The van der Waals surface area contributed by atoms with E-state index in [1.54, 1.807) is 12.1 Å². The SMILES string of the molecule is CCCS(=O)(=O)c1ccccc1N1CC(N)C1. The molecule has 1 aliphatic heterocycles. The van der Waals surface area contributed by atoms with Gasteiger partial charge in [0, 0.05) is 19.1 Å². The van der Waals surface area contributed by atoms with E-state index in [1.165, 1.54) is 0 Å². The van der Waals surface area contributed by atoms with Gasteiger partial charge in [0.2, 0.25) is 0 Å². The average molecular weight is 254 g/mol.